The van der Waals surface area contributed by atoms with E-state index in [-0.39, 0.29) is 43.5 Å². The zero-order chi connectivity index (χ0) is 25.8. The summed E-state index contributed by atoms with van der Waals surface area (Å²) in [6.07, 6.45) is 0.632. The molecule has 2 rings (SSSR count). The van der Waals surface area contributed by atoms with Gasteiger partial charge in [-0.2, -0.15) is 0 Å². The van der Waals surface area contributed by atoms with Crippen molar-refractivity contribution in [3.05, 3.63) is 85.0 Å². The van der Waals surface area contributed by atoms with Crippen molar-refractivity contribution < 1.29 is 29.3 Å². The Morgan fingerprint density at radius 1 is 0.800 bits per heavy atom. The number of carbonyl (C=O) groups excluding carboxylic acids is 2. The lowest BCUT2D eigenvalue weighted by atomic mass is 9.78. The molecule has 0 aliphatic heterocycles. The second-order valence-corrected chi connectivity index (χ2v) is 8.50. The van der Waals surface area contributed by atoms with Crippen molar-refractivity contribution in [1.82, 2.24) is 10.6 Å². The highest BCUT2D eigenvalue weighted by molar-refractivity contribution is 5.87. The fourth-order valence-corrected chi connectivity index (χ4v) is 3.19. The predicted molar refractivity (Wildman–Crippen MR) is 134 cm³/mol. The summed E-state index contributed by atoms with van der Waals surface area (Å²) >= 11 is 0. The quantitative estimate of drug-likeness (QED) is 0.307. The van der Waals surface area contributed by atoms with E-state index in [0.717, 1.165) is 23.3 Å². The highest BCUT2D eigenvalue weighted by Crippen LogP contribution is 2.33. The fourth-order valence-electron chi connectivity index (χ4n) is 3.19. The van der Waals surface area contributed by atoms with Gasteiger partial charge >= 0.3 is 0 Å². The van der Waals surface area contributed by atoms with Gasteiger partial charge in [-0.25, -0.2) is 0 Å². The normalized spacial score (nSPS) is 12.7. The summed E-state index contributed by atoms with van der Waals surface area (Å²) < 4.78 is 11.2. The molecule has 2 aromatic carbocycles. The number of aliphatic hydroxyl groups excluding tert-OH is 2. The van der Waals surface area contributed by atoms with Gasteiger partial charge in [0.25, 0.3) is 0 Å². The minimum Gasteiger partial charge on any atom is -0.491 e. The molecule has 0 aliphatic rings. The van der Waals surface area contributed by atoms with E-state index in [0.29, 0.717) is 11.5 Å². The Morgan fingerprint density at radius 3 is 1.46 bits per heavy atom. The van der Waals surface area contributed by atoms with Crippen molar-refractivity contribution in [1.29, 1.82) is 0 Å². The molecule has 8 heteroatoms. The Labute approximate surface area is 206 Å². The number of carbonyl (C=O) groups is 2. The van der Waals surface area contributed by atoms with E-state index in [4.69, 9.17) is 9.47 Å². The molecule has 0 saturated heterocycles. The van der Waals surface area contributed by atoms with Crippen molar-refractivity contribution in [2.24, 2.45) is 0 Å². The van der Waals surface area contributed by atoms with Crippen LogP contribution in [0.4, 0.5) is 0 Å². The molecule has 2 unspecified atom stereocenters. The highest BCUT2D eigenvalue weighted by atomic mass is 16.5. The van der Waals surface area contributed by atoms with Gasteiger partial charge in [0, 0.05) is 18.5 Å². The van der Waals surface area contributed by atoms with Crippen LogP contribution in [-0.4, -0.2) is 60.5 Å². The van der Waals surface area contributed by atoms with E-state index in [9.17, 15) is 19.8 Å². The summed E-state index contributed by atoms with van der Waals surface area (Å²) in [4.78, 5) is 22.3. The molecule has 2 atom stereocenters. The van der Waals surface area contributed by atoms with Gasteiger partial charge in [0.15, 0.2) is 0 Å². The molecule has 0 fully saturated rings. The second-order valence-electron chi connectivity index (χ2n) is 8.50. The fraction of sp³-hybridized carbons (Fsp3) is 0.333. The van der Waals surface area contributed by atoms with Crippen LogP contribution >= 0.6 is 0 Å². The summed E-state index contributed by atoms with van der Waals surface area (Å²) in [6.45, 7) is 11.2. The number of nitrogens with one attached hydrogen (secondary N) is 2. The summed E-state index contributed by atoms with van der Waals surface area (Å²) in [6, 6.07) is 15.3. The molecule has 2 aromatic rings. The maximum atomic E-state index is 11.2. The van der Waals surface area contributed by atoms with E-state index >= 15 is 0 Å². The summed E-state index contributed by atoms with van der Waals surface area (Å²) in [7, 11) is 0. The number of amides is 2. The molecule has 0 aromatic heterocycles. The van der Waals surface area contributed by atoms with Crippen LogP contribution in [0.2, 0.25) is 0 Å². The lowest BCUT2D eigenvalue weighted by Gasteiger charge is -2.26. The zero-order valence-electron chi connectivity index (χ0n) is 20.2. The lowest BCUT2D eigenvalue weighted by Crippen LogP contribution is -2.34. The largest absolute Gasteiger partial charge is 0.491 e. The van der Waals surface area contributed by atoms with Gasteiger partial charge in [0.05, 0.1) is 0 Å². The van der Waals surface area contributed by atoms with Gasteiger partial charge in [-0.1, -0.05) is 51.3 Å². The molecule has 35 heavy (non-hydrogen) atoms. The van der Waals surface area contributed by atoms with Gasteiger partial charge in [-0.05, 0) is 47.5 Å². The average molecular weight is 483 g/mol. The Morgan fingerprint density at radius 2 is 1.14 bits per heavy atom. The molecule has 2 amide bonds. The second kappa shape index (κ2) is 13.3. The number of benzene rings is 2. The third kappa shape index (κ3) is 8.92. The zero-order valence-corrected chi connectivity index (χ0v) is 20.2. The van der Waals surface area contributed by atoms with Crippen molar-refractivity contribution in [2.75, 3.05) is 26.3 Å². The highest BCUT2D eigenvalue weighted by Gasteiger charge is 2.23. The lowest BCUT2D eigenvalue weighted by molar-refractivity contribution is -0.117. The van der Waals surface area contributed by atoms with Crippen LogP contribution in [-0.2, 0) is 15.0 Å². The first-order valence-corrected chi connectivity index (χ1v) is 11.3. The number of ether oxygens (including phenoxy) is 2. The molecule has 4 N–H and O–H groups in total. The van der Waals surface area contributed by atoms with Crippen LogP contribution in [0.1, 0.15) is 25.0 Å². The molecule has 0 spiro atoms. The molecule has 0 heterocycles. The Hall–Kier alpha value is -3.62. The predicted octanol–water partition coefficient (Wildman–Crippen LogP) is 2.10. The van der Waals surface area contributed by atoms with Crippen molar-refractivity contribution in [3.8, 4) is 11.5 Å². The minimum atomic E-state index is -0.831. The first-order chi connectivity index (χ1) is 16.6. The third-order valence-electron chi connectivity index (χ3n) is 5.43. The van der Waals surface area contributed by atoms with Crippen LogP contribution in [0.3, 0.4) is 0 Å². The maximum Gasteiger partial charge on any atom is 0.243 e. The third-order valence-corrected chi connectivity index (χ3v) is 5.43. The molecule has 0 aliphatic carbocycles. The monoisotopic (exact) mass is 482 g/mol. The molecule has 188 valence electrons. The molecular weight excluding hydrogens is 448 g/mol. The Bertz CT molecular complexity index is 906. The van der Waals surface area contributed by atoms with Crippen molar-refractivity contribution in [3.63, 3.8) is 0 Å². The molecule has 0 bridgehead atoms. The number of hydrogen-bond donors (Lipinski definition) is 4. The van der Waals surface area contributed by atoms with E-state index in [1.807, 2.05) is 48.5 Å². The van der Waals surface area contributed by atoms with Crippen LogP contribution in [0.15, 0.2) is 73.8 Å². The molecule has 0 radical (unpaired) electrons. The van der Waals surface area contributed by atoms with Crippen molar-refractivity contribution in [2.45, 2.75) is 31.5 Å². The Balaban J connectivity index is 1.89. The van der Waals surface area contributed by atoms with E-state index in [1.165, 1.54) is 0 Å². The van der Waals surface area contributed by atoms with Crippen LogP contribution < -0.4 is 20.1 Å². The topological polar surface area (TPSA) is 117 Å². The molecule has 0 saturated carbocycles. The number of hydrogen-bond acceptors (Lipinski definition) is 6. The standard InChI is InChI=1S/C27H34N2O6/c1-5-25(32)28-15-21(30)17-34-23-11-7-19(8-12-23)27(3,4)20-9-13-24(14-10-20)35-18-22(31)16-29-26(33)6-2/h5-14,21-22,30-31H,1-2,15-18H2,3-4H3,(H,28,32)(H,29,33). The number of aliphatic hydroxyl groups is 2. The first-order valence-electron chi connectivity index (χ1n) is 11.3. The van der Waals surface area contributed by atoms with Gasteiger partial charge in [0.2, 0.25) is 11.8 Å². The van der Waals surface area contributed by atoms with E-state index in [1.54, 1.807) is 0 Å². The Kier molecular flexibility index (Phi) is 10.5. The first kappa shape index (κ1) is 27.6. The summed E-state index contributed by atoms with van der Waals surface area (Å²) in [5, 5.41) is 24.9. The summed E-state index contributed by atoms with van der Waals surface area (Å²) in [5.74, 6) is 0.541. The van der Waals surface area contributed by atoms with Gasteiger partial charge < -0.3 is 30.3 Å². The smallest absolute Gasteiger partial charge is 0.243 e. The van der Waals surface area contributed by atoms with Gasteiger partial charge in [0.1, 0.15) is 36.9 Å². The summed E-state index contributed by atoms with van der Waals surface area (Å²) in [5.41, 5.74) is 1.86. The van der Waals surface area contributed by atoms with Gasteiger partial charge in [-0.3, -0.25) is 9.59 Å². The van der Waals surface area contributed by atoms with Crippen molar-refractivity contribution >= 4 is 11.8 Å². The minimum absolute atomic E-state index is 0.0525. The molecular formula is C27H34N2O6. The van der Waals surface area contributed by atoms with E-state index in [2.05, 4.69) is 37.6 Å². The maximum absolute atomic E-state index is 11.2. The molecule has 8 nitrogen and oxygen atoms in total. The van der Waals surface area contributed by atoms with Crippen LogP contribution in [0.25, 0.3) is 0 Å². The van der Waals surface area contributed by atoms with Crippen LogP contribution in [0, 0.1) is 0 Å². The van der Waals surface area contributed by atoms with Gasteiger partial charge in [-0.15, -0.1) is 0 Å². The number of rotatable bonds is 14. The SMILES string of the molecule is C=CC(=O)NCC(O)COc1ccc(C(C)(C)c2ccc(OCC(O)CNC(=O)C=C)cc2)cc1. The average Bonchev–Trinajstić information content (AvgIpc) is 2.88. The van der Waals surface area contributed by atoms with Crippen LogP contribution in [0.5, 0.6) is 11.5 Å². The van der Waals surface area contributed by atoms with E-state index < -0.39 is 12.2 Å².